The van der Waals surface area contributed by atoms with Crippen LogP contribution >= 0.6 is 23.2 Å². The van der Waals surface area contributed by atoms with Crippen molar-refractivity contribution in [2.24, 2.45) is 10.2 Å². The van der Waals surface area contributed by atoms with Crippen molar-refractivity contribution in [1.82, 2.24) is 31.0 Å². The van der Waals surface area contributed by atoms with E-state index in [2.05, 4.69) is 40.6 Å². The van der Waals surface area contributed by atoms with E-state index in [0.717, 1.165) is 33.6 Å². The van der Waals surface area contributed by atoms with E-state index in [4.69, 9.17) is 32.2 Å². The fourth-order valence-corrected chi connectivity index (χ4v) is 8.68. The molecule has 8 rings (SSSR count). The fourth-order valence-electron chi connectivity index (χ4n) is 8.23. The number of hydrogen-bond acceptors (Lipinski definition) is 10. The molecule has 4 aromatic carbocycles. The van der Waals surface area contributed by atoms with Crippen molar-refractivity contribution < 1.29 is 54.5 Å². The maximum Gasteiger partial charge on any atom is 0.573 e. The second kappa shape index (κ2) is 20.1. The zero-order chi connectivity index (χ0) is 51.0. The zero-order valence-electron chi connectivity index (χ0n) is 38.7. The van der Waals surface area contributed by atoms with E-state index in [1.54, 1.807) is 38.1 Å². The van der Waals surface area contributed by atoms with Gasteiger partial charge in [0.1, 0.15) is 23.0 Å². The number of aromatic nitrogens is 2. The van der Waals surface area contributed by atoms with Crippen LogP contribution in [0.25, 0.3) is 22.3 Å². The highest BCUT2D eigenvalue weighted by molar-refractivity contribution is 6.33. The van der Waals surface area contributed by atoms with E-state index < -0.39 is 48.4 Å². The van der Waals surface area contributed by atoms with Crippen LogP contribution in [0.3, 0.4) is 0 Å². The molecule has 4 amide bonds. The summed E-state index contributed by atoms with van der Waals surface area (Å²) in [6, 6.07) is 18.1. The molecule has 0 saturated heterocycles. The highest BCUT2D eigenvalue weighted by Gasteiger charge is 2.36. The number of aryl methyl sites for hydroxylation is 4. The molecule has 0 bridgehead atoms. The van der Waals surface area contributed by atoms with Crippen molar-refractivity contribution >= 4 is 46.7 Å². The molecule has 2 aliphatic rings. The number of carbonyl (C=O) groups is 2. The minimum Gasteiger partial charge on any atom is -0.404 e. The molecule has 70 heavy (non-hydrogen) atoms. The van der Waals surface area contributed by atoms with E-state index >= 15 is 0 Å². The van der Waals surface area contributed by atoms with Gasteiger partial charge in [-0.2, -0.15) is 10.2 Å². The molecule has 22 heteroatoms. The summed E-state index contributed by atoms with van der Waals surface area (Å²) in [4.78, 5) is 25.1. The molecule has 0 spiro atoms. The van der Waals surface area contributed by atoms with Crippen molar-refractivity contribution in [3.8, 4) is 33.8 Å². The Kier molecular flexibility index (Phi) is 14.6. The van der Waals surface area contributed by atoms with Gasteiger partial charge in [-0.3, -0.25) is 0 Å². The first-order valence-corrected chi connectivity index (χ1v) is 22.2. The number of urea groups is 2. The van der Waals surface area contributed by atoms with Crippen LogP contribution in [0.2, 0.25) is 10.0 Å². The maximum atomic E-state index is 13.0. The molecular formula is C48H44Cl2F6N8O6. The van der Waals surface area contributed by atoms with Gasteiger partial charge in [-0.25, -0.2) is 19.6 Å². The predicted octanol–water partition coefficient (Wildman–Crippen LogP) is 11.7. The molecule has 0 saturated carbocycles. The number of carbonyl (C=O) groups excluding carboxylic acids is 2. The number of nitrogens with zero attached hydrogens (tertiary/aromatic N) is 6. The number of benzene rings is 4. The van der Waals surface area contributed by atoms with Crippen LogP contribution in [-0.2, 0) is 12.8 Å². The van der Waals surface area contributed by atoms with E-state index in [-0.39, 0.29) is 10.0 Å². The average molecular weight is 1010 g/mol. The van der Waals surface area contributed by atoms with Gasteiger partial charge < -0.3 is 29.2 Å². The second-order valence-electron chi connectivity index (χ2n) is 16.3. The number of hydrogen-bond donors (Lipinski definition) is 2. The monoisotopic (exact) mass is 1010 g/mol. The lowest BCUT2D eigenvalue weighted by Gasteiger charge is -2.22. The molecule has 2 aliphatic heterocycles. The Hall–Kier alpha value is -7.06. The number of ether oxygens (including phenoxy) is 2. The Labute approximate surface area is 407 Å². The van der Waals surface area contributed by atoms with Gasteiger partial charge in [0.05, 0.1) is 44.9 Å². The van der Waals surface area contributed by atoms with Gasteiger partial charge in [0.2, 0.25) is 0 Å². The highest BCUT2D eigenvalue weighted by Crippen LogP contribution is 2.39. The molecule has 6 aromatic rings. The summed E-state index contributed by atoms with van der Waals surface area (Å²) in [6.07, 6.45) is -9.20. The number of nitrogens with one attached hydrogen (secondary N) is 2. The molecule has 14 nitrogen and oxygen atoms in total. The van der Waals surface area contributed by atoms with E-state index in [1.807, 2.05) is 52.0 Å². The maximum absolute atomic E-state index is 13.0. The minimum absolute atomic E-state index is 0.185. The number of amides is 4. The summed E-state index contributed by atoms with van der Waals surface area (Å²) in [6.45, 7) is 10.9. The van der Waals surface area contributed by atoms with Crippen molar-refractivity contribution in [1.29, 1.82) is 0 Å². The lowest BCUT2D eigenvalue weighted by atomic mass is 9.93. The fraction of sp³-hybridized carbons (Fsp3) is 0.292. The lowest BCUT2D eigenvalue weighted by Crippen LogP contribution is -2.41. The quantitative estimate of drug-likeness (QED) is 0.156. The van der Waals surface area contributed by atoms with Gasteiger partial charge in [-0.1, -0.05) is 82.0 Å². The number of rotatable bonds is 6. The SMILES string of the molecule is CNC(=O)N1N=C(c2ccc(-c3c(C)noc3C)cc2)c2cc(OC(F)(F)F)c(Cl)cc2CC1C.CNC(=O)N1N=C(c2ccc(-c3c(C)noc3C)cc2)c2cc(OC(F)(F)F)c(Cl)cc2C[C@@H]1C. The molecule has 0 aliphatic carbocycles. The van der Waals surface area contributed by atoms with Crippen LogP contribution < -0.4 is 20.1 Å². The topological polar surface area (TPSA) is 160 Å². The minimum atomic E-state index is -4.92. The van der Waals surface area contributed by atoms with E-state index in [9.17, 15) is 35.9 Å². The molecule has 0 fully saturated rings. The van der Waals surface area contributed by atoms with Gasteiger partial charge in [-0.05, 0) is 101 Å². The van der Waals surface area contributed by atoms with E-state index in [1.165, 1.54) is 48.4 Å². The summed E-state index contributed by atoms with van der Waals surface area (Å²) >= 11 is 12.2. The smallest absolute Gasteiger partial charge is 0.404 e. The van der Waals surface area contributed by atoms with Crippen LogP contribution in [0.1, 0.15) is 70.1 Å². The van der Waals surface area contributed by atoms with Crippen molar-refractivity contribution in [3.05, 3.63) is 139 Å². The molecule has 4 heterocycles. The Bertz CT molecular complexity index is 2770. The first kappa shape index (κ1) is 50.8. The van der Waals surface area contributed by atoms with Crippen LogP contribution in [0.5, 0.6) is 11.5 Å². The van der Waals surface area contributed by atoms with Crippen molar-refractivity contribution in [2.75, 3.05) is 14.1 Å². The molecular weight excluding hydrogens is 969 g/mol. The van der Waals surface area contributed by atoms with Crippen molar-refractivity contribution in [2.45, 2.75) is 79.2 Å². The number of halogens is 8. The van der Waals surface area contributed by atoms with Gasteiger partial charge in [0, 0.05) is 47.5 Å². The largest absolute Gasteiger partial charge is 0.573 e. The number of hydrazone groups is 2. The molecule has 0 radical (unpaired) electrons. The first-order valence-electron chi connectivity index (χ1n) is 21.4. The third kappa shape index (κ3) is 11.0. The van der Waals surface area contributed by atoms with Gasteiger partial charge in [0.25, 0.3) is 0 Å². The molecule has 368 valence electrons. The lowest BCUT2D eigenvalue weighted by molar-refractivity contribution is -0.275. The average Bonchev–Trinajstić information content (AvgIpc) is 3.72. The summed E-state index contributed by atoms with van der Waals surface area (Å²) in [5.41, 5.74) is 8.72. The standard InChI is InChI=1S/2C24H22ClF3N4O3/c2*1-12-9-17-10-19(25)20(34-24(26,27)28)11-18(17)22(30-32(12)23(33)29-4)16-7-5-15(6-8-16)21-13(2)31-35-14(21)3/h2*5-8,10-12H,9H2,1-4H3,(H,29,33)/t12-;/m0./s1. The first-order chi connectivity index (χ1) is 33.0. The molecule has 2 N–H and O–H groups in total. The number of fused-ring (bicyclic) bond motifs is 2. The normalized spacial score (nSPS) is 15.8. The van der Waals surface area contributed by atoms with Gasteiger partial charge in [-0.15, -0.1) is 26.3 Å². The summed E-state index contributed by atoms with van der Waals surface area (Å²) in [5.74, 6) is 0.240. The zero-order valence-corrected chi connectivity index (χ0v) is 40.2. The summed E-state index contributed by atoms with van der Waals surface area (Å²) in [7, 11) is 2.96. The highest BCUT2D eigenvalue weighted by atomic mass is 35.5. The Balaban J connectivity index is 0.000000206. The number of alkyl halides is 6. The van der Waals surface area contributed by atoms with Crippen LogP contribution in [-0.4, -0.2) is 82.7 Å². The predicted molar refractivity (Wildman–Crippen MR) is 249 cm³/mol. The Morgan fingerprint density at radius 1 is 0.600 bits per heavy atom. The third-order valence-corrected chi connectivity index (χ3v) is 12.0. The Morgan fingerprint density at radius 2 is 0.929 bits per heavy atom. The molecule has 2 atom stereocenters. The summed E-state index contributed by atoms with van der Waals surface area (Å²) in [5, 5.41) is 24.3. The van der Waals surface area contributed by atoms with Crippen LogP contribution in [0, 0.1) is 27.7 Å². The Morgan fingerprint density at radius 3 is 1.21 bits per heavy atom. The van der Waals surface area contributed by atoms with Gasteiger partial charge in [0.15, 0.2) is 0 Å². The molecule has 1 unspecified atom stereocenters. The van der Waals surface area contributed by atoms with Crippen LogP contribution in [0.15, 0.2) is 92.0 Å². The third-order valence-electron chi connectivity index (χ3n) is 11.4. The van der Waals surface area contributed by atoms with Gasteiger partial charge >= 0.3 is 24.8 Å². The summed E-state index contributed by atoms with van der Waals surface area (Å²) < 4.78 is 96.7. The molecule has 2 aromatic heterocycles. The van der Waals surface area contributed by atoms with Crippen LogP contribution in [0.4, 0.5) is 35.9 Å². The second-order valence-corrected chi connectivity index (χ2v) is 17.1. The van der Waals surface area contributed by atoms with E-state index in [0.29, 0.717) is 69.2 Å². The van der Waals surface area contributed by atoms with Crippen molar-refractivity contribution in [3.63, 3.8) is 0 Å².